The summed E-state index contributed by atoms with van der Waals surface area (Å²) in [6.45, 7) is 4.09. The number of pyridine rings is 2. The maximum atomic E-state index is 4.61. The van der Waals surface area contributed by atoms with Gasteiger partial charge in [-0.3, -0.25) is 0 Å². The van der Waals surface area contributed by atoms with Crippen molar-refractivity contribution in [3.63, 3.8) is 0 Å². The molecule has 0 N–H and O–H groups in total. The Hall–Kier alpha value is -5.15. The van der Waals surface area contributed by atoms with Crippen LogP contribution in [0.15, 0.2) is 140 Å². The number of aromatic nitrogens is 3. The van der Waals surface area contributed by atoms with Crippen molar-refractivity contribution in [3.05, 3.63) is 163 Å². The van der Waals surface area contributed by atoms with E-state index in [0.717, 1.165) is 28.1 Å². The first kappa shape index (κ1) is 29.6. The Balaban J connectivity index is 0.000000204. The largest absolute Gasteiger partial charge is 0.350 e. The monoisotopic (exact) mass is 768 g/mol. The summed E-state index contributed by atoms with van der Waals surface area (Å²) in [7, 11) is 0. The molecule has 0 fully saturated rings. The van der Waals surface area contributed by atoms with Crippen molar-refractivity contribution in [1.82, 2.24) is 14.4 Å². The molecule has 5 aromatic carbocycles. The first-order chi connectivity index (χ1) is 22.1. The van der Waals surface area contributed by atoms with Crippen molar-refractivity contribution < 1.29 is 20.1 Å². The average molecular weight is 768 g/mol. The van der Waals surface area contributed by atoms with E-state index in [0.29, 0.717) is 0 Å². The van der Waals surface area contributed by atoms with Crippen molar-refractivity contribution in [2.45, 2.75) is 13.8 Å². The van der Waals surface area contributed by atoms with Gasteiger partial charge in [-0.2, -0.15) is 0 Å². The molecule has 0 aliphatic heterocycles. The van der Waals surface area contributed by atoms with Gasteiger partial charge >= 0.3 is 0 Å². The molecule has 1 radical (unpaired) electrons. The zero-order valence-corrected chi connectivity index (χ0v) is 27.8. The number of para-hydroxylation sites is 1. The minimum Gasteiger partial charge on any atom is -0.350 e. The predicted molar refractivity (Wildman–Crippen MR) is 187 cm³/mol. The van der Waals surface area contributed by atoms with Gasteiger partial charge in [0.25, 0.3) is 0 Å². The molecule has 4 heteroatoms. The summed E-state index contributed by atoms with van der Waals surface area (Å²) in [5.41, 5.74) is 12.6. The van der Waals surface area contributed by atoms with Gasteiger partial charge in [-0.15, -0.1) is 59.7 Å². The van der Waals surface area contributed by atoms with E-state index >= 15 is 0 Å². The van der Waals surface area contributed by atoms with Gasteiger partial charge in [0, 0.05) is 48.8 Å². The Kier molecular flexibility index (Phi) is 7.92. The number of rotatable bonds is 3. The van der Waals surface area contributed by atoms with E-state index in [9.17, 15) is 0 Å². The summed E-state index contributed by atoms with van der Waals surface area (Å²) in [5.74, 6) is 0. The van der Waals surface area contributed by atoms with Crippen LogP contribution >= 0.6 is 0 Å². The van der Waals surface area contributed by atoms with E-state index in [-0.39, 0.29) is 20.1 Å². The van der Waals surface area contributed by atoms with Gasteiger partial charge in [-0.05, 0) is 70.5 Å². The van der Waals surface area contributed by atoms with Gasteiger partial charge < -0.3 is 14.4 Å². The molecule has 0 amide bonds. The van der Waals surface area contributed by atoms with Crippen LogP contribution in [0.1, 0.15) is 11.1 Å². The quantitative estimate of drug-likeness (QED) is 0.168. The summed E-state index contributed by atoms with van der Waals surface area (Å²) in [6.07, 6.45) is 3.79. The van der Waals surface area contributed by atoms with E-state index in [1.807, 2.05) is 49.6 Å². The third-order valence-corrected chi connectivity index (χ3v) is 8.44. The summed E-state index contributed by atoms with van der Waals surface area (Å²) in [4.78, 5) is 8.93. The molecule has 0 aliphatic rings. The van der Waals surface area contributed by atoms with Crippen LogP contribution in [0.3, 0.4) is 0 Å². The van der Waals surface area contributed by atoms with Crippen LogP contribution in [-0.2, 0) is 20.1 Å². The standard InChI is InChI=1S/C30H19N2.C12H10N.Ir/c1-19-10-13-27(31-18-19)22-12-15-29-26(17-22)24-9-5-8-23-25-16-21(20-6-3-2-4-7-20)11-14-28(25)32(29)30(23)24;1-10-7-8-12(13-9-10)11-5-3-2-4-6-11;/h2-11,13-18H,1H3;2-5,7-9H,1H3;/q2*-1;. The maximum absolute atomic E-state index is 4.61. The first-order valence-corrected chi connectivity index (χ1v) is 15.2. The van der Waals surface area contributed by atoms with Crippen molar-refractivity contribution in [2.24, 2.45) is 0 Å². The van der Waals surface area contributed by atoms with E-state index in [2.05, 4.69) is 130 Å². The van der Waals surface area contributed by atoms with Crippen LogP contribution in [0, 0.1) is 26.0 Å². The molecular formula is C42H29IrN3-2. The Labute approximate surface area is 281 Å². The van der Waals surface area contributed by atoms with Gasteiger partial charge in [0.2, 0.25) is 0 Å². The van der Waals surface area contributed by atoms with Crippen LogP contribution in [0.25, 0.3) is 71.7 Å². The van der Waals surface area contributed by atoms with Crippen molar-refractivity contribution >= 4 is 38.1 Å². The van der Waals surface area contributed by atoms with E-state index in [4.69, 9.17) is 0 Å². The van der Waals surface area contributed by atoms with Crippen LogP contribution in [0.2, 0.25) is 0 Å². The molecule has 4 aromatic heterocycles. The number of aryl methyl sites for hydroxylation is 2. The van der Waals surface area contributed by atoms with Crippen LogP contribution < -0.4 is 0 Å². The summed E-state index contributed by atoms with van der Waals surface area (Å²) >= 11 is 0. The molecule has 46 heavy (non-hydrogen) atoms. The zero-order chi connectivity index (χ0) is 30.3. The Morgan fingerprint density at radius 3 is 1.85 bits per heavy atom. The summed E-state index contributed by atoms with van der Waals surface area (Å²) in [5, 5.41) is 5.10. The number of hydrogen-bond acceptors (Lipinski definition) is 2. The molecule has 0 unspecified atom stereocenters. The second-order valence-corrected chi connectivity index (χ2v) is 11.5. The van der Waals surface area contributed by atoms with Gasteiger partial charge in [-0.25, -0.2) is 0 Å². The fourth-order valence-corrected chi connectivity index (χ4v) is 6.19. The minimum absolute atomic E-state index is 0. The molecule has 4 heterocycles. The van der Waals surface area contributed by atoms with Crippen molar-refractivity contribution in [2.75, 3.05) is 0 Å². The molecule has 0 bridgehead atoms. The zero-order valence-electron chi connectivity index (χ0n) is 25.5. The molecule has 0 saturated carbocycles. The molecule has 0 aliphatic carbocycles. The fraction of sp³-hybridized carbons (Fsp3) is 0.0476. The number of fused-ring (bicyclic) bond motifs is 6. The number of hydrogen-bond donors (Lipinski definition) is 0. The molecule has 9 aromatic rings. The fourth-order valence-electron chi connectivity index (χ4n) is 6.19. The molecular weight excluding hydrogens is 739 g/mol. The second-order valence-electron chi connectivity index (χ2n) is 11.5. The van der Waals surface area contributed by atoms with Crippen molar-refractivity contribution in [3.8, 4) is 33.6 Å². The van der Waals surface area contributed by atoms with Gasteiger partial charge in [0.1, 0.15) is 0 Å². The van der Waals surface area contributed by atoms with Gasteiger partial charge in [0.15, 0.2) is 0 Å². The maximum Gasteiger partial charge on any atom is 0.0516 e. The Bertz CT molecular complexity index is 2410. The normalized spacial score (nSPS) is 11.1. The van der Waals surface area contributed by atoms with E-state index in [1.54, 1.807) is 0 Å². The Morgan fingerprint density at radius 2 is 1.20 bits per heavy atom. The summed E-state index contributed by atoms with van der Waals surface area (Å²) in [6, 6.07) is 51.1. The molecule has 0 spiro atoms. The molecule has 223 valence electrons. The van der Waals surface area contributed by atoms with Gasteiger partial charge in [-0.1, -0.05) is 84.2 Å². The van der Waals surface area contributed by atoms with E-state index in [1.165, 1.54) is 54.8 Å². The molecule has 0 atom stereocenters. The third kappa shape index (κ3) is 5.26. The minimum atomic E-state index is 0. The first-order valence-electron chi connectivity index (χ1n) is 15.2. The summed E-state index contributed by atoms with van der Waals surface area (Å²) < 4.78 is 2.40. The molecule has 3 nitrogen and oxygen atoms in total. The van der Waals surface area contributed by atoms with Crippen molar-refractivity contribution in [1.29, 1.82) is 0 Å². The van der Waals surface area contributed by atoms with Gasteiger partial charge in [0.05, 0.1) is 5.52 Å². The van der Waals surface area contributed by atoms with Crippen LogP contribution in [0.4, 0.5) is 0 Å². The van der Waals surface area contributed by atoms with Crippen LogP contribution in [-0.4, -0.2) is 14.4 Å². The molecule has 0 saturated heterocycles. The number of benzene rings is 5. The topological polar surface area (TPSA) is 30.2 Å². The average Bonchev–Trinajstić information content (AvgIpc) is 3.61. The Morgan fingerprint density at radius 1 is 0.522 bits per heavy atom. The van der Waals surface area contributed by atoms with E-state index < -0.39 is 0 Å². The molecule has 9 rings (SSSR count). The smallest absolute Gasteiger partial charge is 0.0516 e. The van der Waals surface area contributed by atoms with Crippen LogP contribution in [0.5, 0.6) is 0 Å². The second kappa shape index (κ2) is 12.3. The number of nitrogens with zero attached hydrogens (tertiary/aromatic N) is 3. The SMILES string of the molecule is Cc1ccc(-c2[c-]cc3c(c2)c2cccc4c5cc(-c6ccccc6)ccc5n3c24)nc1.Cc1ccc(-c2[c-]cccc2)nc1.[Ir]. The predicted octanol–water partition coefficient (Wildman–Crippen LogP) is 10.5. The third-order valence-electron chi connectivity index (χ3n) is 8.44.